The lowest BCUT2D eigenvalue weighted by molar-refractivity contribution is 0.481. The molecule has 4 nitrogen and oxygen atoms in total. The van der Waals surface area contributed by atoms with Gasteiger partial charge in [-0.3, -0.25) is 4.55 Å². The van der Waals surface area contributed by atoms with Crippen molar-refractivity contribution >= 4 is 26.5 Å². The molecule has 0 aromatic carbocycles. The van der Waals surface area contributed by atoms with Crippen LogP contribution in [0.15, 0.2) is 0 Å². The minimum atomic E-state index is -4.00. The van der Waals surface area contributed by atoms with Gasteiger partial charge in [-0.05, 0) is 0 Å². The fraction of sp³-hybridized carbons (Fsp3) is 0. The van der Waals surface area contributed by atoms with E-state index < -0.39 is 10.3 Å². The van der Waals surface area contributed by atoms with Crippen LogP contribution in [0.2, 0.25) is 0 Å². The van der Waals surface area contributed by atoms with Gasteiger partial charge in [0.05, 0.1) is 0 Å². The van der Waals surface area contributed by atoms with Crippen LogP contribution in [0.4, 0.5) is 0 Å². The highest BCUT2D eigenvalue weighted by atomic mass is 79.9. The molecule has 0 spiro atoms. The lowest BCUT2D eigenvalue weighted by atomic mass is 13.9. The van der Waals surface area contributed by atoms with Crippen molar-refractivity contribution < 1.29 is 13.0 Å². The van der Waals surface area contributed by atoms with E-state index in [4.69, 9.17) is 4.55 Å². The number of nitrogens with one attached hydrogen (secondary N) is 1. The normalized spacial score (nSPS) is 11.7. The van der Waals surface area contributed by atoms with Crippen LogP contribution in [0.3, 0.4) is 0 Å². The maximum Gasteiger partial charge on any atom is 0.343 e. The Morgan fingerprint density at radius 2 is 1.83 bits per heavy atom. The van der Waals surface area contributed by atoms with Crippen molar-refractivity contribution in [2.24, 2.45) is 0 Å². The van der Waals surface area contributed by atoms with E-state index in [0.717, 1.165) is 0 Å². The van der Waals surface area contributed by atoms with E-state index in [0.29, 0.717) is 0 Å². The van der Waals surface area contributed by atoms with Crippen LogP contribution < -0.4 is 3.75 Å². The number of halogens is 1. The van der Waals surface area contributed by atoms with Crippen LogP contribution in [-0.4, -0.2) is 13.0 Å². The zero-order valence-corrected chi connectivity index (χ0v) is 4.95. The van der Waals surface area contributed by atoms with E-state index in [1.165, 1.54) is 3.75 Å². The fourth-order valence-electron chi connectivity index (χ4n) is 0. The first-order valence-electron chi connectivity index (χ1n) is 0.909. The van der Waals surface area contributed by atoms with Crippen LogP contribution in [0.1, 0.15) is 0 Å². The van der Waals surface area contributed by atoms with Gasteiger partial charge in [0, 0.05) is 16.1 Å². The van der Waals surface area contributed by atoms with Gasteiger partial charge in [0.1, 0.15) is 0 Å². The largest absolute Gasteiger partial charge is 0.343 e. The molecule has 0 aliphatic carbocycles. The Labute approximate surface area is 43.8 Å². The molecule has 0 rings (SSSR count). The zero-order chi connectivity index (χ0) is 5.21. The third-order valence-corrected chi connectivity index (χ3v) is 1.52. The van der Waals surface area contributed by atoms with E-state index in [1.807, 2.05) is 0 Å². The van der Waals surface area contributed by atoms with Gasteiger partial charge >= 0.3 is 10.3 Å². The van der Waals surface area contributed by atoms with Gasteiger partial charge in [-0.1, -0.05) is 0 Å². The smallest absolute Gasteiger partial charge is 0.273 e. The molecule has 0 aromatic heterocycles. The Kier molecular flexibility index (Phi) is 1.98. The third-order valence-electron chi connectivity index (χ3n) is 0.0975. The molecule has 0 bridgehead atoms. The molecule has 2 N–H and O–H groups in total. The highest BCUT2D eigenvalue weighted by molar-refractivity contribution is 9.09. The average molecular weight is 176 g/mol. The summed E-state index contributed by atoms with van der Waals surface area (Å²) in [4.78, 5) is 0. The summed E-state index contributed by atoms with van der Waals surface area (Å²) in [5, 5.41) is 0. The van der Waals surface area contributed by atoms with Crippen molar-refractivity contribution in [3.63, 3.8) is 0 Å². The molecular formula is H2BrNO3S. The fourth-order valence-corrected chi connectivity index (χ4v) is 0. The second kappa shape index (κ2) is 1.87. The molecular weight excluding hydrogens is 174 g/mol. The van der Waals surface area contributed by atoms with Gasteiger partial charge in [0.2, 0.25) is 0 Å². The molecule has 0 aliphatic rings. The molecule has 0 radical (unpaired) electrons. The first-order valence-corrected chi connectivity index (χ1v) is 3.14. The molecule has 0 fully saturated rings. The predicted octanol–water partition coefficient (Wildman–Crippen LogP) is -0.311. The Morgan fingerprint density at radius 3 is 1.83 bits per heavy atom. The van der Waals surface area contributed by atoms with Crippen LogP contribution >= 0.6 is 16.1 Å². The lowest BCUT2D eigenvalue weighted by Crippen LogP contribution is -2.09. The molecule has 0 heterocycles. The average Bonchev–Trinajstić information content (AvgIpc) is 1.35. The highest BCUT2D eigenvalue weighted by Crippen LogP contribution is 1.74. The van der Waals surface area contributed by atoms with Gasteiger partial charge in [0.25, 0.3) is 0 Å². The SMILES string of the molecule is O=S(=O)(O)NBr. The van der Waals surface area contributed by atoms with Gasteiger partial charge in [-0.15, -0.1) is 3.75 Å². The molecule has 0 aliphatic heterocycles. The Hall–Kier alpha value is 0.350. The monoisotopic (exact) mass is 175 g/mol. The van der Waals surface area contributed by atoms with Crippen molar-refractivity contribution in [3.05, 3.63) is 0 Å². The van der Waals surface area contributed by atoms with Crippen LogP contribution in [-0.2, 0) is 10.3 Å². The predicted molar refractivity (Wildman–Crippen MR) is 23.6 cm³/mol. The van der Waals surface area contributed by atoms with Crippen molar-refractivity contribution in [3.8, 4) is 0 Å². The van der Waals surface area contributed by atoms with Gasteiger partial charge in [-0.2, -0.15) is 8.42 Å². The van der Waals surface area contributed by atoms with E-state index in [1.54, 1.807) is 0 Å². The lowest BCUT2D eigenvalue weighted by Gasteiger charge is -1.81. The molecule has 0 aromatic rings. The maximum absolute atomic E-state index is 9.40. The summed E-state index contributed by atoms with van der Waals surface area (Å²) >= 11 is 2.28. The quantitative estimate of drug-likeness (QED) is 0.425. The summed E-state index contributed by atoms with van der Waals surface area (Å²) in [5.41, 5.74) is 0. The van der Waals surface area contributed by atoms with Gasteiger partial charge in [0.15, 0.2) is 0 Å². The molecule has 6 heteroatoms. The van der Waals surface area contributed by atoms with Gasteiger partial charge < -0.3 is 0 Å². The molecule has 0 amide bonds. The minimum absolute atomic E-state index is 1.44. The molecule has 6 heavy (non-hydrogen) atoms. The molecule has 0 unspecified atom stereocenters. The van der Waals surface area contributed by atoms with Crippen molar-refractivity contribution in [1.82, 2.24) is 3.75 Å². The van der Waals surface area contributed by atoms with E-state index in [-0.39, 0.29) is 0 Å². The first-order chi connectivity index (χ1) is 2.56. The van der Waals surface area contributed by atoms with E-state index in [9.17, 15) is 8.42 Å². The van der Waals surface area contributed by atoms with E-state index >= 15 is 0 Å². The minimum Gasteiger partial charge on any atom is -0.273 e. The number of rotatable bonds is 1. The molecule has 38 valence electrons. The second-order valence-electron chi connectivity index (χ2n) is 0.552. The third kappa shape index (κ3) is 4.35. The highest BCUT2D eigenvalue weighted by Gasteiger charge is 1.93. The second-order valence-corrected chi connectivity index (χ2v) is 2.63. The standard InChI is InChI=1S/BrH2NO3S/c1-2-6(3,4)5/h2H,(H,3,4,5). The first kappa shape index (κ1) is 6.35. The molecule has 0 atom stereocenters. The van der Waals surface area contributed by atoms with Crippen LogP contribution in [0, 0.1) is 0 Å². The summed E-state index contributed by atoms with van der Waals surface area (Å²) in [6, 6.07) is 0. The maximum atomic E-state index is 9.40. The number of hydrogen-bond donors (Lipinski definition) is 2. The van der Waals surface area contributed by atoms with Crippen molar-refractivity contribution in [2.45, 2.75) is 0 Å². The van der Waals surface area contributed by atoms with Crippen molar-refractivity contribution in [1.29, 1.82) is 0 Å². The summed E-state index contributed by atoms with van der Waals surface area (Å²) in [7, 11) is -4.00. The molecule has 0 saturated heterocycles. The topological polar surface area (TPSA) is 66.4 Å². The van der Waals surface area contributed by atoms with Crippen molar-refractivity contribution in [2.75, 3.05) is 0 Å². The summed E-state index contributed by atoms with van der Waals surface area (Å²) in [5.74, 6) is 0. The Morgan fingerprint density at radius 1 is 1.67 bits per heavy atom. The van der Waals surface area contributed by atoms with E-state index in [2.05, 4.69) is 16.1 Å². The Bertz CT molecular complexity index is 113. The summed E-state index contributed by atoms with van der Waals surface area (Å²) in [6.45, 7) is 0. The van der Waals surface area contributed by atoms with Crippen LogP contribution in [0.25, 0.3) is 0 Å². The summed E-state index contributed by atoms with van der Waals surface area (Å²) < 4.78 is 27.9. The zero-order valence-electron chi connectivity index (χ0n) is 2.55. The number of hydrogen-bond acceptors (Lipinski definition) is 2. The summed E-state index contributed by atoms with van der Waals surface area (Å²) in [6.07, 6.45) is 0. The Balaban J connectivity index is 3.85. The van der Waals surface area contributed by atoms with Gasteiger partial charge in [-0.25, -0.2) is 0 Å². The van der Waals surface area contributed by atoms with Crippen LogP contribution in [0.5, 0.6) is 0 Å². The molecule has 0 saturated carbocycles.